The Bertz CT molecular complexity index is 1480. The second kappa shape index (κ2) is 12.7. The Balaban J connectivity index is 1.81. The van der Waals surface area contributed by atoms with Gasteiger partial charge in [-0.1, -0.05) is 103 Å². The Hall–Kier alpha value is -3.26. The molecule has 4 rings (SSSR count). The van der Waals surface area contributed by atoms with Crippen molar-refractivity contribution in [2.24, 2.45) is 9.98 Å². The van der Waals surface area contributed by atoms with E-state index < -0.39 is 0 Å². The Morgan fingerprint density at radius 2 is 1.97 bits per heavy atom. The quantitative estimate of drug-likeness (QED) is 0.192. The third-order valence-corrected chi connectivity index (χ3v) is 8.25. The van der Waals surface area contributed by atoms with Crippen LogP contribution in [0.1, 0.15) is 74.4 Å². The lowest BCUT2D eigenvalue weighted by Gasteiger charge is -2.27. The Labute approximate surface area is 243 Å². The second-order valence-electron chi connectivity index (χ2n) is 11.0. The average Bonchev–Trinajstić information content (AvgIpc) is 3.19. The van der Waals surface area contributed by atoms with Crippen molar-refractivity contribution in [1.29, 1.82) is 0 Å². The highest BCUT2D eigenvalue weighted by atomic mass is 79.9. The minimum Gasteiger partial charge on any atom is -0.258 e. The standard InChI is InChI=1S/C36H39BrN2/c1-7-28-16-13-19-33(25(28)2)35(38-26(3)29-14-10-8-9-11-15-29)39-27(4)31-21-20-30-17-12-18-32(37)22-23-36(5,6)34(30)24-31/h8-10,12-16,18-22,24,26H,7,17,23H2,1-6H3/b18-12-,32-22+,38-35?,39-27?. The van der Waals surface area contributed by atoms with E-state index in [1.54, 1.807) is 0 Å². The largest absolute Gasteiger partial charge is 0.258 e. The van der Waals surface area contributed by atoms with Gasteiger partial charge in [0.15, 0.2) is 5.84 Å². The maximum absolute atomic E-state index is 5.23. The molecule has 0 aromatic heterocycles. The summed E-state index contributed by atoms with van der Waals surface area (Å²) in [6.07, 6.45) is 19.6. The molecule has 2 aromatic carbocycles. The lowest BCUT2D eigenvalue weighted by Crippen LogP contribution is -2.19. The van der Waals surface area contributed by atoms with E-state index in [2.05, 4.69) is 124 Å². The number of rotatable bonds is 5. The number of aryl methyl sites for hydroxylation is 1. The summed E-state index contributed by atoms with van der Waals surface area (Å²) in [5.41, 5.74) is 12.8. The van der Waals surface area contributed by atoms with Crippen LogP contribution >= 0.6 is 15.9 Å². The van der Waals surface area contributed by atoms with Crippen molar-refractivity contribution in [1.82, 2.24) is 0 Å². The summed E-state index contributed by atoms with van der Waals surface area (Å²) < 4.78 is 1.14. The zero-order valence-electron chi connectivity index (χ0n) is 24.1. The van der Waals surface area contributed by atoms with Crippen LogP contribution in [0.5, 0.6) is 0 Å². The van der Waals surface area contributed by atoms with E-state index in [-0.39, 0.29) is 11.5 Å². The summed E-state index contributed by atoms with van der Waals surface area (Å²) >= 11 is 3.69. The predicted molar refractivity (Wildman–Crippen MR) is 173 cm³/mol. The van der Waals surface area contributed by atoms with E-state index in [0.717, 1.165) is 52.0 Å². The summed E-state index contributed by atoms with van der Waals surface area (Å²) in [5.74, 6) is 0.775. The van der Waals surface area contributed by atoms with Crippen LogP contribution in [-0.2, 0) is 18.3 Å². The fourth-order valence-electron chi connectivity index (χ4n) is 5.12. The third-order valence-electron chi connectivity index (χ3n) is 7.66. The minimum absolute atomic E-state index is 0.00742. The molecule has 1 atom stereocenters. The summed E-state index contributed by atoms with van der Waals surface area (Å²) in [6, 6.07) is 13.2. The molecule has 0 radical (unpaired) electrons. The molecule has 0 aliphatic heterocycles. The molecule has 3 heteroatoms. The van der Waals surface area contributed by atoms with Crippen molar-refractivity contribution < 1.29 is 0 Å². The van der Waals surface area contributed by atoms with E-state index in [4.69, 9.17) is 9.98 Å². The van der Waals surface area contributed by atoms with Gasteiger partial charge in [-0.3, -0.25) is 4.99 Å². The van der Waals surface area contributed by atoms with Gasteiger partial charge >= 0.3 is 0 Å². The summed E-state index contributed by atoms with van der Waals surface area (Å²) in [5, 5.41) is 0. The maximum Gasteiger partial charge on any atom is 0.155 e. The summed E-state index contributed by atoms with van der Waals surface area (Å²) in [4.78, 5) is 10.4. The van der Waals surface area contributed by atoms with Gasteiger partial charge in [0.05, 0.1) is 6.04 Å². The minimum atomic E-state index is -0.0552. The van der Waals surface area contributed by atoms with Gasteiger partial charge < -0.3 is 0 Å². The number of hydrogen-bond acceptors (Lipinski definition) is 1. The van der Waals surface area contributed by atoms with E-state index in [1.165, 1.54) is 22.3 Å². The van der Waals surface area contributed by atoms with Gasteiger partial charge in [0.1, 0.15) is 0 Å². The highest BCUT2D eigenvalue weighted by molar-refractivity contribution is 9.11. The van der Waals surface area contributed by atoms with Crippen molar-refractivity contribution in [2.45, 2.75) is 72.3 Å². The molecule has 39 heavy (non-hydrogen) atoms. The first-order valence-electron chi connectivity index (χ1n) is 13.9. The summed E-state index contributed by atoms with van der Waals surface area (Å²) in [7, 11) is 0. The van der Waals surface area contributed by atoms with Gasteiger partial charge in [0.2, 0.25) is 0 Å². The van der Waals surface area contributed by atoms with Crippen molar-refractivity contribution in [3.63, 3.8) is 0 Å². The molecule has 2 aromatic rings. The Morgan fingerprint density at radius 3 is 2.77 bits per heavy atom. The molecular formula is C36H39BrN2. The van der Waals surface area contributed by atoms with E-state index in [9.17, 15) is 0 Å². The zero-order chi connectivity index (χ0) is 28.0. The normalized spacial score (nSPS) is 20.1. The van der Waals surface area contributed by atoms with Gasteiger partial charge in [-0.25, -0.2) is 4.99 Å². The number of halogens is 1. The van der Waals surface area contributed by atoms with Crippen molar-refractivity contribution in [2.75, 3.05) is 0 Å². The molecule has 0 bridgehead atoms. The predicted octanol–water partition coefficient (Wildman–Crippen LogP) is 9.47. The van der Waals surface area contributed by atoms with Crippen LogP contribution in [0.15, 0.2) is 111 Å². The SMILES string of the molecule is CCc1cccc(C(N=C(C)c2ccc3c(c2)C(C)(C)C/C=C(Br)\C=C/C3)=NC(C)C2=CC=CC=C=C2)c1C. The van der Waals surface area contributed by atoms with Crippen LogP contribution in [0, 0.1) is 6.92 Å². The molecule has 2 aliphatic carbocycles. The van der Waals surface area contributed by atoms with Crippen LogP contribution in [0.3, 0.4) is 0 Å². The number of benzene rings is 2. The Kier molecular flexibility index (Phi) is 9.38. The second-order valence-corrected chi connectivity index (χ2v) is 11.9. The van der Waals surface area contributed by atoms with Crippen molar-refractivity contribution in [3.8, 4) is 0 Å². The summed E-state index contributed by atoms with van der Waals surface area (Å²) in [6.45, 7) is 13.3. The van der Waals surface area contributed by atoms with Gasteiger partial charge in [-0.2, -0.15) is 0 Å². The molecule has 0 spiro atoms. The van der Waals surface area contributed by atoms with Crippen LogP contribution in [0.4, 0.5) is 0 Å². The smallest absolute Gasteiger partial charge is 0.155 e. The molecule has 0 fully saturated rings. The fraction of sp³-hybridized carbons (Fsp3) is 0.306. The number of aliphatic imine (C=N–C) groups is 2. The van der Waals surface area contributed by atoms with Crippen LogP contribution in [0.2, 0.25) is 0 Å². The lowest BCUT2D eigenvalue weighted by molar-refractivity contribution is 0.529. The van der Waals surface area contributed by atoms with Crippen molar-refractivity contribution in [3.05, 3.63) is 134 Å². The topological polar surface area (TPSA) is 24.7 Å². The number of allylic oxidation sites excluding steroid dienone is 7. The van der Waals surface area contributed by atoms with E-state index in [1.807, 2.05) is 24.3 Å². The maximum atomic E-state index is 5.23. The van der Waals surface area contributed by atoms with Crippen LogP contribution in [0.25, 0.3) is 0 Å². The first-order valence-corrected chi connectivity index (χ1v) is 14.7. The molecule has 2 nitrogen and oxygen atoms in total. The number of hydrogen-bond donors (Lipinski definition) is 0. The molecule has 0 saturated carbocycles. The first-order chi connectivity index (χ1) is 18.7. The van der Waals surface area contributed by atoms with Gasteiger partial charge in [0, 0.05) is 15.8 Å². The third kappa shape index (κ3) is 7.04. The zero-order valence-corrected chi connectivity index (χ0v) is 25.6. The van der Waals surface area contributed by atoms with E-state index >= 15 is 0 Å². The van der Waals surface area contributed by atoms with Gasteiger partial charge in [-0.15, -0.1) is 5.73 Å². The fourth-order valence-corrected chi connectivity index (χ4v) is 5.47. The highest BCUT2D eigenvalue weighted by Gasteiger charge is 2.24. The number of amidine groups is 1. The van der Waals surface area contributed by atoms with Crippen LogP contribution in [-0.4, -0.2) is 17.6 Å². The average molecular weight is 580 g/mol. The molecule has 200 valence electrons. The Morgan fingerprint density at radius 1 is 1.15 bits per heavy atom. The first kappa shape index (κ1) is 28.7. The molecule has 0 N–H and O–H groups in total. The molecule has 0 saturated heterocycles. The molecule has 0 amide bonds. The van der Waals surface area contributed by atoms with Crippen molar-refractivity contribution >= 4 is 27.5 Å². The van der Waals surface area contributed by atoms with Gasteiger partial charge in [0.25, 0.3) is 0 Å². The molecule has 2 aliphatic rings. The molecule has 1 unspecified atom stereocenters. The highest BCUT2D eigenvalue weighted by Crippen LogP contribution is 2.34. The van der Waals surface area contributed by atoms with Gasteiger partial charge in [-0.05, 0) is 97.1 Å². The lowest BCUT2D eigenvalue weighted by atomic mass is 9.77. The number of nitrogens with zero attached hydrogens (tertiary/aromatic N) is 2. The van der Waals surface area contributed by atoms with E-state index in [0.29, 0.717) is 0 Å². The molecular weight excluding hydrogens is 540 g/mol. The molecule has 0 heterocycles. The number of fused-ring (bicyclic) bond motifs is 1. The monoisotopic (exact) mass is 578 g/mol. The van der Waals surface area contributed by atoms with Crippen LogP contribution < -0.4 is 0 Å².